The number of fused-ring (bicyclic) bond motifs is 1. The third-order valence-electron chi connectivity index (χ3n) is 2.83. The van der Waals surface area contributed by atoms with Gasteiger partial charge in [0.1, 0.15) is 21.5 Å². The molecule has 0 aliphatic carbocycles. The Hall–Kier alpha value is -1.66. The van der Waals surface area contributed by atoms with Gasteiger partial charge in [0.05, 0.1) is 0 Å². The molecule has 3 rings (SSSR count). The summed E-state index contributed by atoms with van der Waals surface area (Å²) in [4.78, 5) is 12.8. The van der Waals surface area contributed by atoms with Crippen LogP contribution in [0.4, 0.5) is 0 Å². The van der Waals surface area contributed by atoms with Crippen molar-refractivity contribution in [3.05, 3.63) is 40.4 Å². The van der Waals surface area contributed by atoms with E-state index >= 15 is 0 Å². The van der Waals surface area contributed by atoms with Crippen LogP contribution in [0.3, 0.4) is 0 Å². The molecule has 0 spiro atoms. The Bertz CT molecular complexity index is 779. The molecule has 0 saturated heterocycles. The third kappa shape index (κ3) is 2.36. The topological polar surface area (TPSA) is 56.0 Å². The Morgan fingerprint density at radius 3 is 2.70 bits per heavy atom. The van der Waals surface area contributed by atoms with Gasteiger partial charge in [-0.2, -0.15) is 19.6 Å². The largest absolute Gasteiger partial charge is 0.254 e. The first-order valence-electron chi connectivity index (χ1n) is 6.03. The van der Waals surface area contributed by atoms with Crippen LogP contribution >= 0.6 is 23.4 Å². The van der Waals surface area contributed by atoms with E-state index < -0.39 is 0 Å². The van der Waals surface area contributed by atoms with E-state index in [0.717, 1.165) is 21.3 Å². The summed E-state index contributed by atoms with van der Waals surface area (Å²) in [5.74, 6) is 0.493. The molecular formula is C13H12ClN5S. The molecule has 0 aromatic carbocycles. The Morgan fingerprint density at radius 2 is 1.95 bits per heavy atom. The van der Waals surface area contributed by atoms with E-state index in [0.29, 0.717) is 10.9 Å². The maximum atomic E-state index is 6.15. The van der Waals surface area contributed by atoms with Crippen LogP contribution in [0.25, 0.3) is 5.78 Å². The quantitative estimate of drug-likeness (QED) is 0.680. The minimum absolute atomic E-state index is 0.442. The van der Waals surface area contributed by atoms with E-state index in [-0.39, 0.29) is 0 Å². The van der Waals surface area contributed by atoms with Crippen LogP contribution in [-0.4, -0.2) is 24.6 Å². The van der Waals surface area contributed by atoms with Crippen molar-refractivity contribution in [1.29, 1.82) is 0 Å². The van der Waals surface area contributed by atoms with E-state index in [9.17, 15) is 0 Å². The highest BCUT2D eigenvalue weighted by atomic mass is 35.5. The highest BCUT2D eigenvalue weighted by Gasteiger charge is 2.14. The summed E-state index contributed by atoms with van der Waals surface area (Å²) in [5.41, 5.74) is 3.03. The summed E-state index contributed by atoms with van der Waals surface area (Å²) in [5, 5.41) is 6.43. The summed E-state index contributed by atoms with van der Waals surface area (Å²) >= 11 is 7.67. The predicted molar refractivity (Wildman–Crippen MR) is 78.4 cm³/mol. The van der Waals surface area contributed by atoms with Crippen molar-refractivity contribution in [3.63, 3.8) is 0 Å². The Morgan fingerprint density at radius 1 is 1.15 bits per heavy atom. The first-order valence-corrected chi connectivity index (χ1v) is 7.23. The molecule has 0 atom stereocenters. The molecule has 7 heteroatoms. The molecular weight excluding hydrogens is 294 g/mol. The lowest BCUT2D eigenvalue weighted by molar-refractivity contribution is 0.823. The monoisotopic (exact) mass is 305 g/mol. The van der Waals surface area contributed by atoms with Gasteiger partial charge in [0.2, 0.25) is 0 Å². The third-order valence-corrected chi connectivity index (χ3v) is 4.28. The molecule has 0 unspecified atom stereocenters. The van der Waals surface area contributed by atoms with E-state index in [1.54, 1.807) is 4.52 Å². The van der Waals surface area contributed by atoms with Crippen LogP contribution in [0, 0.1) is 20.8 Å². The number of hydrogen-bond acceptors (Lipinski definition) is 5. The Labute approximate surface area is 125 Å². The number of hydrogen-bond donors (Lipinski definition) is 0. The van der Waals surface area contributed by atoms with E-state index in [2.05, 4.69) is 27.0 Å². The fraction of sp³-hybridized carbons (Fsp3) is 0.231. The maximum Gasteiger partial charge on any atom is 0.254 e. The molecule has 0 radical (unpaired) electrons. The van der Waals surface area contributed by atoms with Crippen molar-refractivity contribution in [2.24, 2.45) is 0 Å². The van der Waals surface area contributed by atoms with Crippen molar-refractivity contribution in [3.8, 4) is 0 Å². The Balaban J connectivity index is 2.14. The molecule has 0 saturated carbocycles. The summed E-state index contributed by atoms with van der Waals surface area (Å²) in [6, 6.07) is 4.08. The average molecular weight is 306 g/mol. The molecule has 3 heterocycles. The van der Waals surface area contributed by atoms with Gasteiger partial charge in [0.25, 0.3) is 5.78 Å². The van der Waals surface area contributed by atoms with Crippen LogP contribution in [-0.2, 0) is 0 Å². The summed E-state index contributed by atoms with van der Waals surface area (Å²) in [6.07, 6.45) is 1.47. The van der Waals surface area contributed by atoms with Crippen molar-refractivity contribution < 1.29 is 0 Å². The first-order chi connectivity index (χ1) is 9.54. The number of halogens is 1. The van der Waals surface area contributed by atoms with E-state index in [1.807, 2.05) is 26.0 Å². The number of nitrogens with zero attached hydrogens (tertiary/aromatic N) is 5. The molecule has 0 fully saturated rings. The van der Waals surface area contributed by atoms with Crippen LogP contribution in [0.15, 0.2) is 28.5 Å². The highest BCUT2D eigenvalue weighted by molar-refractivity contribution is 7.99. The molecule has 0 aliphatic rings. The second-order valence-electron chi connectivity index (χ2n) is 4.53. The number of aromatic nitrogens is 5. The van der Waals surface area contributed by atoms with Gasteiger partial charge < -0.3 is 0 Å². The van der Waals surface area contributed by atoms with Gasteiger partial charge in [-0.15, -0.1) is 0 Å². The zero-order chi connectivity index (χ0) is 14.3. The second kappa shape index (κ2) is 5.03. The highest BCUT2D eigenvalue weighted by Crippen LogP contribution is 2.32. The van der Waals surface area contributed by atoms with E-state index in [4.69, 9.17) is 11.6 Å². The molecule has 5 nitrogen and oxygen atoms in total. The maximum absolute atomic E-state index is 6.15. The smallest absolute Gasteiger partial charge is 0.246 e. The van der Waals surface area contributed by atoms with Crippen LogP contribution < -0.4 is 0 Å². The molecule has 0 aliphatic heterocycles. The standard InChI is InChI=1S/C13H12ClN5S/c1-7-4-8(2)17-10(5-7)20-12-9(3)11(14)18-13-15-6-16-19(12)13/h4-6H,1-3H3. The van der Waals surface area contributed by atoms with E-state index in [1.165, 1.54) is 23.7 Å². The number of pyridine rings is 1. The first kappa shape index (κ1) is 13.3. The zero-order valence-corrected chi connectivity index (χ0v) is 12.8. The Kier molecular flexibility index (Phi) is 3.35. The lowest BCUT2D eigenvalue weighted by atomic mass is 10.3. The normalized spacial score (nSPS) is 11.2. The minimum atomic E-state index is 0.442. The zero-order valence-electron chi connectivity index (χ0n) is 11.3. The van der Waals surface area contributed by atoms with Gasteiger partial charge in [-0.05, 0) is 50.2 Å². The van der Waals surface area contributed by atoms with Gasteiger partial charge in [0.15, 0.2) is 0 Å². The molecule has 3 aromatic rings. The summed E-state index contributed by atoms with van der Waals surface area (Å²) < 4.78 is 1.69. The van der Waals surface area contributed by atoms with Crippen molar-refractivity contribution in [1.82, 2.24) is 24.6 Å². The van der Waals surface area contributed by atoms with Crippen LogP contribution in [0.2, 0.25) is 5.15 Å². The average Bonchev–Trinajstić information content (AvgIpc) is 2.81. The minimum Gasteiger partial charge on any atom is -0.246 e. The summed E-state index contributed by atoms with van der Waals surface area (Å²) in [7, 11) is 0. The van der Waals surface area contributed by atoms with Crippen molar-refractivity contribution in [2.45, 2.75) is 30.8 Å². The van der Waals surface area contributed by atoms with Crippen molar-refractivity contribution in [2.75, 3.05) is 0 Å². The predicted octanol–water partition coefficient (Wildman–Crippen LogP) is 3.25. The van der Waals surface area contributed by atoms with Gasteiger partial charge in [0, 0.05) is 11.3 Å². The van der Waals surface area contributed by atoms with Crippen molar-refractivity contribution >= 4 is 29.1 Å². The molecule has 3 aromatic heterocycles. The van der Waals surface area contributed by atoms with Crippen LogP contribution in [0.1, 0.15) is 16.8 Å². The fourth-order valence-corrected chi connectivity index (χ4v) is 3.27. The molecule has 102 valence electrons. The molecule has 0 amide bonds. The number of rotatable bonds is 2. The second-order valence-corrected chi connectivity index (χ2v) is 5.90. The molecule has 0 N–H and O–H groups in total. The van der Waals surface area contributed by atoms with Gasteiger partial charge in [-0.25, -0.2) is 4.98 Å². The SMILES string of the molecule is Cc1cc(C)nc(Sc2c(C)c(Cl)nc3ncnn23)c1. The van der Waals surface area contributed by atoms with Gasteiger partial charge >= 0.3 is 0 Å². The lowest BCUT2D eigenvalue weighted by Gasteiger charge is -2.09. The van der Waals surface area contributed by atoms with Gasteiger partial charge in [-0.3, -0.25) is 0 Å². The van der Waals surface area contributed by atoms with Crippen LogP contribution in [0.5, 0.6) is 0 Å². The molecule has 20 heavy (non-hydrogen) atoms. The lowest BCUT2D eigenvalue weighted by Crippen LogP contribution is -2.00. The molecule has 0 bridgehead atoms. The number of aryl methyl sites for hydroxylation is 2. The van der Waals surface area contributed by atoms with Gasteiger partial charge in [-0.1, -0.05) is 11.6 Å². The summed E-state index contributed by atoms with van der Waals surface area (Å²) in [6.45, 7) is 5.95. The fourth-order valence-electron chi connectivity index (χ4n) is 1.95.